The molecule has 0 radical (unpaired) electrons. The maximum absolute atomic E-state index is 5.46. The Balaban J connectivity index is 2.44. The number of methoxy groups -OCH3 is 1. The van der Waals surface area contributed by atoms with Crippen LogP contribution in [0.3, 0.4) is 0 Å². The van der Waals surface area contributed by atoms with Gasteiger partial charge in [0.1, 0.15) is 11.7 Å². The molecule has 2 rings (SSSR count). The Morgan fingerprint density at radius 3 is 2.52 bits per heavy atom. The summed E-state index contributed by atoms with van der Waals surface area (Å²) < 4.78 is 7.38. The molecule has 2 heterocycles. The van der Waals surface area contributed by atoms with Crippen LogP contribution in [0, 0.1) is 6.92 Å². The van der Waals surface area contributed by atoms with Crippen molar-refractivity contribution >= 4 is 0 Å². The molecule has 6 heteroatoms. The minimum absolute atomic E-state index is 0.122. The zero-order chi connectivity index (χ0) is 15.2. The molecule has 0 aliphatic rings. The fourth-order valence-electron chi connectivity index (χ4n) is 2.23. The van der Waals surface area contributed by atoms with Crippen LogP contribution >= 0.6 is 0 Å². The number of nitrogens with one attached hydrogen (secondary N) is 1. The van der Waals surface area contributed by atoms with Crippen molar-refractivity contribution in [1.29, 1.82) is 0 Å². The molecule has 1 atom stereocenters. The minimum atomic E-state index is -0.122. The van der Waals surface area contributed by atoms with Gasteiger partial charge in [-0.2, -0.15) is 5.10 Å². The van der Waals surface area contributed by atoms with E-state index in [9.17, 15) is 0 Å². The molecule has 0 saturated carbocycles. The SMILES string of the molecule is CCCNC(c1ncc(C)cn1)c1c(OC)cnn1CC. The van der Waals surface area contributed by atoms with Crippen LogP contribution in [0.4, 0.5) is 0 Å². The largest absolute Gasteiger partial charge is 0.493 e. The average Bonchev–Trinajstić information content (AvgIpc) is 2.92. The highest BCUT2D eigenvalue weighted by molar-refractivity contribution is 5.32. The Hall–Kier alpha value is -1.95. The summed E-state index contributed by atoms with van der Waals surface area (Å²) in [7, 11) is 1.66. The van der Waals surface area contributed by atoms with Gasteiger partial charge in [-0.1, -0.05) is 6.92 Å². The first-order valence-corrected chi connectivity index (χ1v) is 7.32. The Labute approximate surface area is 125 Å². The van der Waals surface area contributed by atoms with E-state index in [-0.39, 0.29) is 6.04 Å². The number of hydrogen-bond donors (Lipinski definition) is 1. The molecule has 0 saturated heterocycles. The molecule has 114 valence electrons. The van der Waals surface area contributed by atoms with Gasteiger partial charge < -0.3 is 10.1 Å². The molecule has 0 bridgehead atoms. The lowest BCUT2D eigenvalue weighted by Crippen LogP contribution is -2.28. The standard InChI is InChI=1S/C15H23N5O/c1-5-7-16-13(15-17-8-11(3)9-18-15)14-12(21-4)10-19-20(14)6-2/h8-10,13,16H,5-7H2,1-4H3. The number of aromatic nitrogens is 4. The van der Waals surface area contributed by atoms with Crippen LogP contribution in [0.2, 0.25) is 0 Å². The number of hydrogen-bond acceptors (Lipinski definition) is 5. The zero-order valence-electron chi connectivity index (χ0n) is 13.1. The smallest absolute Gasteiger partial charge is 0.162 e. The van der Waals surface area contributed by atoms with Crippen molar-refractivity contribution in [1.82, 2.24) is 25.1 Å². The topological polar surface area (TPSA) is 64.9 Å². The highest BCUT2D eigenvalue weighted by Gasteiger charge is 2.24. The van der Waals surface area contributed by atoms with Gasteiger partial charge in [-0.3, -0.25) is 4.68 Å². The van der Waals surface area contributed by atoms with Crippen molar-refractivity contribution in [2.75, 3.05) is 13.7 Å². The van der Waals surface area contributed by atoms with E-state index in [0.29, 0.717) is 0 Å². The predicted molar refractivity (Wildman–Crippen MR) is 81.4 cm³/mol. The minimum Gasteiger partial charge on any atom is -0.493 e. The van der Waals surface area contributed by atoms with Gasteiger partial charge in [0.25, 0.3) is 0 Å². The number of aryl methyl sites for hydroxylation is 2. The molecule has 2 aromatic heterocycles. The summed E-state index contributed by atoms with van der Waals surface area (Å²) in [5.74, 6) is 1.50. The molecule has 6 nitrogen and oxygen atoms in total. The Morgan fingerprint density at radius 2 is 1.95 bits per heavy atom. The molecule has 0 fully saturated rings. The molecule has 1 N–H and O–H groups in total. The van der Waals surface area contributed by atoms with Gasteiger partial charge >= 0.3 is 0 Å². The van der Waals surface area contributed by atoms with Gasteiger partial charge in [-0.05, 0) is 32.4 Å². The van der Waals surface area contributed by atoms with E-state index >= 15 is 0 Å². The van der Waals surface area contributed by atoms with Crippen LogP contribution in [-0.2, 0) is 6.54 Å². The van der Waals surface area contributed by atoms with E-state index in [4.69, 9.17) is 4.74 Å². The van der Waals surface area contributed by atoms with Crippen molar-refractivity contribution in [3.63, 3.8) is 0 Å². The summed E-state index contributed by atoms with van der Waals surface area (Å²) >= 11 is 0. The van der Waals surface area contributed by atoms with Crippen LogP contribution in [0.15, 0.2) is 18.6 Å². The van der Waals surface area contributed by atoms with E-state index in [0.717, 1.165) is 42.3 Å². The lowest BCUT2D eigenvalue weighted by atomic mass is 10.1. The zero-order valence-corrected chi connectivity index (χ0v) is 13.1. The van der Waals surface area contributed by atoms with Crippen molar-refractivity contribution < 1.29 is 4.74 Å². The second-order valence-corrected chi connectivity index (χ2v) is 4.92. The highest BCUT2D eigenvalue weighted by atomic mass is 16.5. The predicted octanol–water partition coefficient (Wildman–Crippen LogP) is 2.10. The summed E-state index contributed by atoms with van der Waals surface area (Å²) in [4.78, 5) is 8.94. The third-order valence-corrected chi connectivity index (χ3v) is 3.30. The molecule has 2 aromatic rings. The van der Waals surface area contributed by atoms with Crippen molar-refractivity contribution in [2.24, 2.45) is 0 Å². The lowest BCUT2D eigenvalue weighted by molar-refractivity contribution is 0.396. The fraction of sp³-hybridized carbons (Fsp3) is 0.533. The molecule has 1 unspecified atom stereocenters. The molecule has 0 spiro atoms. The van der Waals surface area contributed by atoms with E-state index in [1.807, 2.05) is 24.0 Å². The summed E-state index contributed by atoms with van der Waals surface area (Å²) in [6, 6.07) is -0.122. The third-order valence-electron chi connectivity index (χ3n) is 3.30. The van der Waals surface area contributed by atoms with Gasteiger partial charge in [0, 0.05) is 18.9 Å². The van der Waals surface area contributed by atoms with Gasteiger partial charge in [-0.25, -0.2) is 9.97 Å². The third kappa shape index (κ3) is 3.39. The Kier molecular flexibility index (Phi) is 5.27. The molecule has 0 aliphatic heterocycles. The van der Waals surface area contributed by atoms with Gasteiger partial charge in [-0.15, -0.1) is 0 Å². The molecule has 0 amide bonds. The second kappa shape index (κ2) is 7.17. The maximum Gasteiger partial charge on any atom is 0.162 e. The fourth-order valence-corrected chi connectivity index (χ4v) is 2.23. The van der Waals surface area contributed by atoms with E-state index in [2.05, 4.69) is 34.2 Å². The summed E-state index contributed by atoms with van der Waals surface area (Å²) in [5, 5.41) is 7.86. The molecular weight excluding hydrogens is 266 g/mol. The lowest BCUT2D eigenvalue weighted by Gasteiger charge is -2.19. The second-order valence-electron chi connectivity index (χ2n) is 4.92. The molecular formula is C15H23N5O. The monoisotopic (exact) mass is 289 g/mol. The van der Waals surface area contributed by atoms with Crippen LogP contribution in [0.25, 0.3) is 0 Å². The van der Waals surface area contributed by atoms with E-state index < -0.39 is 0 Å². The summed E-state index contributed by atoms with van der Waals surface area (Å²) in [5.41, 5.74) is 2.02. The normalized spacial score (nSPS) is 12.4. The van der Waals surface area contributed by atoms with Gasteiger partial charge in [0.15, 0.2) is 11.6 Å². The first-order chi connectivity index (χ1) is 10.2. The summed E-state index contributed by atoms with van der Waals surface area (Å²) in [6.07, 6.45) is 6.45. The first kappa shape index (κ1) is 15.4. The summed E-state index contributed by atoms with van der Waals surface area (Å²) in [6.45, 7) is 7.82. The highest BCUT2D eigenvalue weighted by Crippen LogP contribution is 2.28. The quantitative estimate of drug-likeness (QED) is 0.845. The van der Waals surface area contributed by atoms with Crippen LogP contribution in [0.1, 0.15) is 43.4 Å². The van der Waals surface area contributed by atoms with Crippen molar-refractivity contribution in [2.45, 2.75) is 39.8 Å². The van der Waals surface area contributed by atoms with E-state index in [1.54, 1.807) is 13.3 Å². The Morgan fingerprint density at radius 1 is 1.24 bits per heavy atom. The average molecular weight is 289 g/mol. The molecule has 0 aliphatic carbocycles. The van der Waals surface area contributed by atoms with Crippen molar-refractivity contribution in [3.8, 4) is 5.75 Å². The molecule has 0 aromatic carbocycles. The number of nitrogens with zero attached hydrogens (tertiary/aromatic N) is 4. The molecule has 21 heavy (non-hydrogen) atoms. The van der Waals surface area contributed by atoms with Gasteiger partial charge in [0.2, 0.25) is 0 Å². The van der Waals surface area contributed by atoms with E-state index in [1.165, 1.54) is 0 Å². The first-order valence-electron chi connectivity index (χ1n) is 7.32. The van der Waals surface area contributed by atoms with Crippen LogP contribution in [0.5, 0.6) is 5.75 Å². The number of ether oxygens (including phenoxy) is 1. The van der Waals surface area contributed by atoms with Crippen molar-refractivity contribution in [3.05, 3.63) is 35.7 Å². The van der Waals surface area contributed by atoms with Gasteiger partial charge in [0.05, 0.1) is 13.3 Å². The van der Waals surface area contributed by atoms with Crippen LogP contribution < -0.4 is 10.1 Å². The number of rotatable bonds is 7. The maximum atomic E-state index is 5.46. The van der Waals surface area contributed by atoms with Crippen LogP contribution in [-0.4, -0.2) is 33.4 Å². The Bertz CT molecular complexity index is 542.